The van der Waals surface area contributed by atoms with E-state index in [9.17, 15) is 14.7 Å². The van der Waals surface area contributed by atoms with Crippen LogP contribution in [-0.2, 0) is 4.79 Å². The summed E-state index contributed by atoms with van der Waals surface area (Å²) in [5.74, 6) is -1.16. The van der Waals surface area contributed by atoms with Crippen LogP contribution in [0.2, 0.25) is 0 Å². The number of carboxylic acids is 1. The number of nitrogens with zero attached hydrogens (tertiary/aromatic N) is 1. The Kier molecular flexibility index (Phi) is 4.47. The number of aromatic nitrogens is 2. The van der Waals surface area contributed by atoms with Crippen LogP contribution in [0.5, 0.6) is 0 Å². The van der Waals surface area contributed by atoms with Gasteiger partial charge in [-0.15, -0.1) is 11.3 Å². The molecular formula is C16H19N3O3S. The smallest absolute Gasteiger partial charge is 0.311 e. The van der Waals surface area contributed by atoms with Gasteiger partial charge < -0.3 is 10.4 Å². The van der Waals surface area contributed by atoms with E-state index in [0.717, 1.165) is 29.8 Å². The molecule has 0 bridgehead atoms. The van der Waals surface area contributed by atoms with Crippen molar-refractivity contribution in [2.75, 3.05) is 6.54 Å². The Hall–Kier alpha value is -2.15. The lowest BCUT2D eigenvalue weighted by Gasteiger charge is -2.33. The van der Waals surface area contributed by atoms with Crippen molar-refractivity contribution in [2.24, 2.45) is 5.41 Å². The van der Waals surface area contributed by atoms with E-state index < -0.39 is 11.4 Å². The molecule has 122 valence electrons. The van der Waals surface area contributed by atoms with Gasteiger partial charge in [0.1, 0.15) is 0 Å². The predicted octanol–water partition coefficient (Wildman–Crippen LogP) is 2.90. The van der Waals surface area contributed by atoms with E-state index >= 15 is 0 Å². The number of hydrogen-bond acceptors (Lipinski definition) is 4. The average molecular weight is 333 g/mol. The number of nitrogens with one attached hydrogen (secondary N) is 2. The third kappa shape index (κ3) is 3.29. The maximum atomic E-state index is 12.3. The quantitative estimate of drug-likeness (QED) is 0.784. The van der Waals surface area contributed by atoms with E-state index in [1.807, 2.05) is 17.5 Å². The molecule has 0 radical (unpaired) electrons. The minimum Gasteiger partial charge on any atom is -0.481 e. The van der Waals surface area contributed by atoms with Gasteiger partial charge >= 0.3 is 5.97 Å². The first-order valence-electron chi connectivity index (χ1n) is 7.72. The minimum atomic E-state index is -0.833. The highest BCUT2D eigenvalue weighted by Crippen LogP contribution is 2.36. The van der Waals surface area contributed by atoms with Gasteiger partial charge in [0.05, 0.1) is 16.0 Å². The van der Waals surface area contributed by atoms with Gasteiger partial charge in [0.15, 0.2) is 5.69 Å². The molecular weight excluding hydrogens is 314 g/mol. The molecule has 23 heavy (non-hydrogen) atoms. The van der Waals surface area contributed by atoms with Crippen LogP contribution < -0.4 is 5.32 Å². The van der Waals surface area contributed by atoms with Gasteiger partial charge in [-0.2, -0.15) is 5.10 Å². The molecule has 1 saturated carbocycles. The Morgan fingerprint density at radius 1 is 1.35 bits per heavy atom. The lowest BCUT2D eigenvalue weighted by Crippen LogP contribution is -2.44. The van der Waals surface area contributed by atoms with E-state index in [1.165, 1.54) is 0 Å². The Morgan fingerprint density at radius 2 is 2.13 bits per heavy atom. The molecule has 0 atom stereocenters. The molecule has 7 heteroatoms. The number of hydrogen-bond donors (Lipinski definition) is 3. The highest BCUT2D eigenvalue weighted by molar-refractivity contribution is 7.13. The molecule has 1 amide bonds. The van der Waals surface area contributed by atoms with E-state index in [1.54, 1.807) is 17.4 Å². The van der Waals surface area contributed by atoms with E-state index in [2.05, 4.69) is 15.5 Å². The second-order valence-electron chi connectivity index (χ2n) is 5.97. The molecule has 0 aromatic carbocycles. The van der Waals surface area contributed by atoms with Crippen LogP contribution in [0.1, 0.15) is 42.6 Å². The number of aliphatic carboxylic acids is 1. The van der Waals surface area contributed by atoms with E-state index in [4.69, 9.17) is 0 Å². The molecule has 1 fully saturated rings. The monoisotopic (exact) mass is 333 g/mol. The molecule has 0 saturated heterocycles. The molecule has 0 aliphatic heterocycles. The number of thiophene rings is 1. The second kappa shape index (κ2) is 6.54. The van der Waals surface area contributed by atoms with Gasteiger partial charge in [0.2, 0.25) is 0 Å². The molecule has 2 aromatic rings. The zero-order valence-electron chi connectivity index (χ0n) is 12.7. The summed E-state index contributed by atoms with van der Waals surface area (Å²) in [6.45, 7) is 0.155. The molecule has 3 N–H and O–H groups in total. The maximum Gasteiger partial charge on any atom is 0.311 e. The predicted molar refractivity (Wildman–Crippen MR) is 87.4 cm³/mol. The molecule has 2 aromatic heterocycles. The Balaban J connectivity index is 1.66. The van der Waals surface area contributed by atoms with E-state index in [-0.39, 0.29) is 18.1 Å². The first-order valence-corrected chi connectivity index (χ1v) is 8.60. The van der Waals surface area contributed by atoms with E-state index in [0.29, 0.717) is 12.8 Å². The summed E-state index contributed by atoms with van der Waals surface area (Å²) in [4.78, 5) is 24.9. The Labute approximate surface area is 137 Å². The number of amides is 1. The third-order valence-corrected chi connectivity index (χ3v) is 5.35. The van der Waals surface area contributed by atoms with Crippen molar-refractivity contribution in [1.29, 1.82) is 0 Å². The molecule has 2 heterocycles. The van der Waals surface area contributed by atoms with Gasteiger partial charge in [0.25, 0.3) is 5.91 Å². The Bertz CT molecular complexity index is 687. The van der Waals surface area contributed by atoms with Crippen LogP contribution in [-0.4, -0.2) is 33.7 Å². The zero-order chi connectivity index (χ0) is 16.3. The number of carboxylic acid groups (broad SMARTS) is 1. The molecule has 1 aliphatic rings. The number of aromatic amines is 1. The summed E-state index contributed by atoms with van der Waals surface area (Å²) in [6, 6.07) is 5.57. The highest BCUT2D eigenvalue weighted by atomic mass is 32.1. The van der Waals surface area contributed by atoms with Crippen molar-refractivity contribution in [3.8, 4) is 10.6 Å². The largest absolute Gasteiger partial charge is 0.481 e. The second-order valence-corrected chi connectivity index (χ2v) is 6.92. The summed E-state index contributed by atoms with van der Waals surface area (Å²) in [5, 5.41) is 21.1. The SMILES string of the molecule is O=C(NCC1(C(=O)O)CCCCC1)c1cc(-c2cccs2)[nH]n1. The van der Waals surface area contributed by atoms with Crippen molar-refractivity contribution in [1.82, 2.24) is 15.5 Å². The lowest BCUT2D eigenvalue weighted by molar-refractivity contribution is -0.150. The number of H-pyrrole nitrogens is 1. The first kappa shape index (κ1) is 15.7. The van der Waals surface area contributed by atoms with Crippen LogP contribution in [0.3, 0.4) is 0 Å². The Morgan fingerprint density at radius 3 is 2.78 bits per heavy atom. The van der Waals surface area contributed by atoms with Gasteiger partial charge in [-0.3, -0.25) is 14.7 Å². The maximum absolute atomic E-state index is 12.3. The highest BCUT2D eigenvalue weighted by Gasteiger charge is 2.39. The van der Waals surface area contributed by atoms with Crippen molar-refractivity contribution in [3.05, 3.63) is 29.3 Å². The van der Waals surface area contributed by atoms with Gasteiger partial charge in [-0.25, -0.2) is 0 Å². The van der Waals surface area contributed by atoms with Crippen molar-refractivity contribution in [2.45, 2.75) is 32.1 Å². The molecule has 3 rings (SSSR count). The molecule has 0 unspecified atom stereocenters. The van der Waals surface area contributed by atoms with Gasteiger partial charge in [0, 0.05) is 6.54 Å². The molecule has 6 nitrogen and oxygen atoms in total. The fourth-order valence-corrected chi connectivity index (χ4v) is 3.72. The summed E-state index contributed by atoms with van der Waals surface area (Å²) in [6.07, 6.45) is 4.08. The first-order chi connectivity index (χ1) is 11.1. The van der Waals surface area contributed by atoms with Crippen LogP contribution in [0, 0.1) is 5.41 Å². The van der Waals surface area contributed by atoms with Crippen molar-refractivity contribution in [3.63, 3.8) is 0 Å². The summed E-state index contributed by atoms with van der Waals surface area (Å²) in [7, 11) is 0. The standard InChI is InChI=1S/C16H19N3O3S/c20-14(12-9-11(18-19-12)13-5-4-8-23-13)17-10-16(15(21)22)6-2-1-3-7-16/h4-5,8-9H,1-3,6-7,10H2,(H,17,20)(H,18,19)(H,21,22). The third-order valence-electron chi connectivity index (χ3n) is 4.45. The summed E-state index contributed by atoms with van der Waals surface area (Å²) < 4.78 is 0. The normalized spacial score (nSPS) is 16.9. The number of carbonyl (C=O) groups is 2. The van der Waals surface area contributed by atoms with Crippen LogP contribution in [0.25, 0.3) is 10.6 Å². The van der Waals surface area contributed by atoms with Crippen LogP contribution in [0.4, 0.5) is 0 Å². The summed E-state index contributed by atoms with van der Waals surface area (Å²) >= 11 is 1.56. The zero-order valence-corrected chi connectivity index (χ0v) is 13.5. The molecule has 1 aliphatic carbocycles. The van der Waals surface area contributed by atoms with Gasteiger partial charge in [-0.05, 0) is 30.4 Å². The fourth-order valence-electron chi connectivity index (χ4n) is 3.03. The van der Waals surface area contributed by atoms with Crippen molar-refractivity contribution >= 4 is 23.2 Å². The van der Waals surface area contributed by atoms with Crippen LogP contribution in [0.15, 0.2) is 23.6 Å². The van der Waals surface area contributed by atoms with Crippen LogP contribution >= 0.6 is 11.3 Å². The summed E-state index contributed by atoms with van der Waals surface area (Å²) in [5.41, 5.74) is 0.237. The van der Waals surface area contributed by atoms with Gasteiger partial charge in [-0.1, -0.05) is 25.3 Å². The number of carbonyl (C=O) groups excluding carboxylic acids is 1. The van der Waals surface area contributed by atoms with Crippen molar-refractivity contribution < 1.29 is 14.7 Å². The molecule has 0 spiro atoms. The number of rotatable bonds is 5. The average Bonchev–Trinajstić information content (AvgIpc) is 3.24. The topological polar surface area (TPSA) is 95.1 Å². The lowest BCUT2D eigenvalue weighted by atomic mass is 9.74. The minimum absolute atomic E-state index is 0.155. The fraction of sp³-hybridized carbons (Fsp3) is 0.438.